The summed E-state index contributed by atoms with van der Waals surface area (Å²) >= 11 is 0. The molecule has 154 valence electrons. The van der Waals surface area contributed by atoms with Gasteiger partial charge in [0.15, 0.2) is 5.96 Å². The molecule has 0 bridgehead atoms. The minimum absolute atomic E-state index is 0. The Morgan fingerprint density at radius 2 is 1.71 bits per heavy atom. The fraction of sp³-hybridized carbons (Fsp3) is 0.333. The second-order valence-electron chi connectivity index (χ2n) is 6.62. The Bertz CT molecular complexity index is 773. The molecule has 0 saturated carbocycles. The first-order valence-corrected chi connectivity index (χ1v) is 8.07. The fourth-order valence-electron chi connectivity index (χ4n) is 1.98. The van der Waals surface area contributed by atoms with Gasteiger partial charge in [-0.15, -0.1) is 37.1 Å². The Labute approximate surface area is 178 Å². The lowest BCUT2D eigenvalue weighted by Crippen LogP contribution is -2.23. The van der Waals surface area contributed by atoms with Crippen molar-refractivity contribution in [2.75, 3.05) is 5.32 Å². The summed E-state index contributed by atoms with van der Waals surface area (Å²) in [6.07, 6.45) is -3.09. The van der Waals surface area contributed by atoms with Gasteiger partial charge in [0.05, 0.1) is 6.54 Å². The highest BCUT2D eigenvalue weighted by molar-refractivity contribution is 14.0. The van der Waals surface area contributed by atoms with Crippen molar-refractivity contribution in [3.63, 3.8) is 0 Å². The molecule has 0 aliphatic heterocycles. The van der Waals surface area contributed by atoms with Gasteiger partial charge in [-0.25, -0.2) is 9.98 Å². The third kappa shape index (κ3) is 9.11. The van der Waals surface area contributed by atoms with Crippen LogP contribution in [0.15, 0.2) is 47.6 Å². The lowest BCUT2D eigenvalue weighted by Gasteiger charge is -2.20. The van der Waals surface area contributed by atoms with Crippen LogP contribution in [0.2, 0.25) is 0 Å². The number of rotatable bonds is 5. The molecule has 0 aliphatic carbocycles. The van der Waals surface area contributed by atoms with Gasteiger partial charge in [-0.3, -0.25) is 0 Å². The lowest BCUT2D eigenvalue weighted by molar-refractivity contribution is -0.274. The van der Waals surface area contributed by atoms with Gasteiger partial charge in [0, 0.05) is 18.0 Å². The summed E-state index contributed by atoms with van der Waals surface area (Å²) in [6, 6.07) is 8.75. The van der Waals surface area contributed by atoms with Crippen LogP contribution in [0.25, 0.3) is 0 Å². The molecule has 0 amide bonds. The Kier molecular flexibility index (Phi) is 8.33. The fourth-order valence-corrected chi connectivity index (χ4v) is 1.98. The van der Waals surface area contributed by atoms with E-state index in [0.717, 1.165) is 5.56 Å². The smallest absolute Gasteiger partial charge is 0.472 e. The topological polar surface area (TPSA) is 81.8 Å². The van der Waals surface area contributed by atoms with Gasteiger partial charge in [0.25, 0.3) is 0 Å². The van der Waals surface area contributed by atoms with Crippen molar-refractivity contribution in [3.8, 4) is 11.6 Å². The molecule has 1 aromatic carbocycles. The normalized spacial score (nSPS) is 12.1. The predicted molar refractivity (Wildman–Crippen MR) is 112 cm³/mol. The van der Waals surface area contributed by atoms with Crippen molar-refractivity contribution < 1.29 is 22.6 Å². The average molecular weight is 510 g/mol. The van der Waals surface area contributed by atoms with Crippen molar-refractivity contribution in [1.82, 2.24) is 4.98 Å². The standard InChI is InChI=1S/C18H21F3N4O2.HI/c1-17(2,3)27-15-9-4-12(10-23-15)11-24-16(22)25-13-5-7-14(8-6-13)26-18(19,20)21;/h4-10H,11H2,1-3H3,(H3,22,24,25);1H. The van der Waals surface area contributed by atoms with Gasteiger partial charge in [-0.2, -0.15) is 0 Å². The van der Waals surface area contributed by atoms with Crippen LogP contribution < -0.4 is 20.5 Å². The number of halogens is 4. The van der Waals surface area contributed by atoms with E-state index in [9.17, 15) is 13.2 Å². The van der Waals surface area contributed by atoms with E-state index in [-0.39, 0.29) is 47.8 Å². The van der Waals surface area contributed by atoms with E-state index in [1.165, 1.54) is 24.3 Å². The monoisotopic (exact) mass is 510 g/mol. The molecule has 28 heavy (non-hydrogen) atoms. The number of aromatic nitrogens is 1. The summed E-state index contributed by atoms with van der Waals surface area (Å²) in [6.45, 7) is 6.08. The number of guanidine groups is 1. The average Bonchev–Trinajstić information content (AvgIpc) is 2.53. The zero-order chi connectivity index (χ0) is 20.1. The van der Waals surface area contributed by atoms with Crippen molar-refractivity contribution >= 4 is 35.6 Å². The number of nitrogens with one attached hydrogen (secondary N) is 1. The maximum Gasteiger partial charge on any atom is 0.573 e. The second-order valence-corrected chi connectivity index (χ2v) is 6.62. The molecule has 0 unspecified atom stereocenters. The van der Waals surface area contributed by atoms with Crippen LogP contribution in [0.3, 0.4) is 0 Å². The third-order valence-corrected chi connectivity index (χ3v) is 3.00. The van der Waals surface area contributed by atoms with Crippen LogP contribution in [0, 0.1) is 0 Å². The molecule has 3 N–H and O–H groups in total. The Hall–Kier alpha value is -2.24. The molecule has 0 fully saturated rings. The second kappa shape index (κ2) is 9.80. The van der Waals surface area contributed by atoms with Crippen LogP contribution in [0.4, 0.5) is 18.9 Å². The van der Waals surface area contributed by atoms with E-state index in [1.807, 2.05) is 26.8 Å². The quantitative estimate of drug-likeness (QED) is 0.346. The summed E-state index contributed by atoms with van der Waals surface area (Å²) in [5, 5.41) is 2.79. The number of nitrogens with zero attached hydrogens (tertiary/aromatic N) is 2. The zero-order valence-corrected chi connectivity index (χ0v) is 17.9. The van der Waals surface area contributed by atoms with Gasteiger partial charge in [-0.1, -0.05) is 6.07 Å². The molecule has 0 atom stereocenters. The first-order valence-electron chi connectivity index (χ1n) is 8.07. The summed E-state index contributed by atoms with van der Waals surface area (Å²) in [4.78, 5) is 8.37. The van der Waals surface area contributed by atoms with Crippen molar-refractivity contribution in [3.05, 3.63) is 48.2 Å². The Morgan fingerprint density at radius 1 is 1.07 bits per heavy atom. The van der Waals surface area contributed by atoms with Crippen molar-refractivity contribution in [2.24, 2.45) is 10.7 Å². The molecule has 10 heteroatoms. The maximum atomic E-state index is 12.1. The van der Waals surface area contributed by atoms with Gasteiger partial charge >= 0.3 is 6.36 Å². The van der Waals surface area contributed by atoms with E-state index in [1.54, 1.807) is 12.3 Å². The summed E-state index contributed by atoms with van der Waals surface area (Å²) < 4.78 is 45.8. The van der Waals surface area contributed by atoms with Crippen LogP contribution in [0.5, 0.6) is 11.6 Å². The maximum absolute atomic E-state index is 12.1. The number of alkyl halides is 3. The third-order valence-electron chi connectivity index (χ3n) is 3.00. The van der Waals surface area contributed by atoms with Gasteiger partial charge in [0.1, 0.15) is 11.4 Å². The number of pyridine rings is 1. The van der Waals surface area contributed by atoms with E-state index in [4.69, 9.17) is 10.5 Å². The molecular weight excluding hydrogens is 488 g/mol. The number of ether oxygens (including phenoxy) is 2. The first kappa shape index (κ1) is 23.8. The minimum Gasteiger partial charge on any atom is -0.472 e. The highest BCUT2D eigenvalue weighted by Gasteiger charge is 2.30. The number of hydrogen-bond acceptors (Lipinski definition) is 4. The van der Waals surface area contributed by atoms with E-state index < -0.39 is 6.36 Å². The first-order chi connectivity index (χ1) is 12.5. The van der Waals surface area contributed by atoms with E-state index in [2.05, 4.69) is 20.0 Å². The number of aliphatic imine (C=N–C) groups is 1. The lowest BCUT2D eigenvalue weighted by atomic mass is 10.2. The molecule has 0 aliphatic rings. The Balaban J connectivity index is 0.00000392. The molecule has 0 saturated heterocycles. The molecule has 1 aromatic heterocycles. The van der Waals surface area contributed by atoms with Gasteiger partial charge in [-0.05, 0) is 50.6 Å². The predicted octanol–water partition coefficient (Wildman–Crippen LogP) is 4.70. The van der Waals surface area contributed by atoms with Crippen molar-refractivity contribution in [2.45, 2.75) is 39.3 Å². The number of hydrogen-bond donors (Lipinski definition) is 2. The number of benzene rings is 1. The molecule has 2 aromatic rings. The number of nitrogens with two attached hydrogens (primary N) is 1. The SMILES string of the molecule is CC(C)(C)Oc1ccc(CN=C(N)Nc2ccc(OC(F)(F)F)cc2)cn1.I. The zero-order valence-electron chi connectivity index (χ0n) is 15.6. The van der Waals surface area contributed by atoms with E-state index in [0.29, 0.717) is 11.6 Å². The van der Waals surface area contributed by atoms with Crippen LogP contribution >= 0.6 is 24.0 Å². The largest absolute Gasteiger partial charge is 0.573 e. The summed E-state index contributed by atoms with van der Waals surface area (Å²) in [5.41, 5.74) is 6.77. The van der Waals surface area contributed by atoms with Crippen LogP contribution in [0.1, 0.15) is 26.3 Å². The highest BCUT2D eigenvalue weighted by Crippen LogP contribution is 2.23. The number of anilines is 1. The molecular formula is C18H22F3IN4O2. The summed E-state index contributed by atoms with van der Waals surface area (Å²) in [5.74, 6) is 0.323. The van der Waals surface area contributed by atoms with Gasteiger partial charge < -0.3 is 20.5 Å². The van der Waals surface area contributed by atoms with Crippen molar-refractivity contribution in [1.29, 1.82) is 0 Å². The Morgan fingerprint density at radius 3 is 2.21 bits per heavy atom. The molecule has 6 nitrogen and oxygen atoms in total. The van der Waals surface area contributed by atoms with Crippen LogP contribution in [-0.4, -0.2) is 22.9 Å². The molecule has 0 spiro atoms. The minimum atomic E-state index is -4.73. The van der Waals surface area contributed by atoms with E-state index >= 15 is 0 Å². The molecule has 2 rings (SSSR count). The van der Waals surface area contributed by atoms with Crippen LogP contribution in [-0.2, 0) is 6.54 Å². The highest BCUT2D eigenvalue weighted by atomic mass is 127. The summed E-state index contributed by atoms with van der Waals surface area (Å²) in [7, 11) is 0. The molecule has 0 radical (unpaired) electrons. The molecule has 1 heterocycles. The van der Waals surface area contributed by atoms with Gasteiger partial charge in [0.2, 0.25) is 5.88 Å².